The fraction of sp³-hybridized carbons (Fsp3) is 0.889. The fourth-order valence-corrected chi connectivity index (χ4v) is 1.07. The molecule has 0 bridgehead atoms. The Morgan fingerprint density at radius 2 is 2.08 bits per heavy atom. The summed E-state index contributed by atoms with van der Waals surface area (Å²) in [5.74, 6) is -0.936. The molecule has 0 aromatic carbocycles. The highest BCUT2D eigenvalue weighted by molar-refractivity contribution is 5.75. The van der Waals surface area contributed by atoms with Crippen molar-refractivity contribution in [2.45, 2.75) is 32.5 Å². The van der Waals surface area contributed by atoms with Crippen LogP contribution in [0.5, 0.6) is 0 Å². The number of alkyl halides is 1. The molecule has 0 saturated carbocycles. The second-order valence-electron chi connectivity index (χ2n) is 4.35. The monoisotopic (exact) mass is 189 g/mol. The normalized spacial score (nSPS) is 20.6. The zero-order chi connectivity index (χ0) is 10.1. The van der Waals surface area contributed by atoms with Crippen molar-refractivity contribution in [3.05, 3.63) is 0 Å². The lowest BCUT2D eigenvalue weighted by Crippen LogP contribution is -2.50. The highest BCUT2D eigenvalue weighted by atomic mass is 19.1. The standard InChI is InChI=1S/C9H16FNO2/c1-9(2,3)13-8(12)7(10)6-4-11-5-6/h6-7,11H,4-5H2,1-3H3. The average molecular weight is 189 g/mol. The summed E-state index contributed by atoms with van der Waals surface area (Å²) in [6.07, 6.45) is -1.47. The molecular weight excluding hydrogens is 173 g/mol. The van der Waals surface area contributed by atoms with Crippen molar-refractivity contribution in [3.63, 3.8) is 0 Å². The van der Waals surface area contributed by atoms with Gasteiger partial charge in [-0.25, -0.2) is 9.18 Å². The lowest BCUT2D eigenvalue weighted by Gasteiger charge is -2.30. The second kappa shape index (κ2) is 3.62. The first-order chi connectivity index (χ1) is 5.90. The van der Waals surface area contributed by atoms with E-state index in [4.69, 9.17) is 4.74 Å². The van der Waals surface area contributed by atoms with Crippen LogP contribution in [-0.4, -0.2) is 30.8 Å². The molecule has 1 atom stereocenters. The van der Waals surface area contributed by atoms with E-state index in [1.807, 2.05) is 0 Å². The average Bonchev–Trinajstić information content (AvgIpc) is 1.78. The van der Waals surface area contributed by atoms with E-state index in [-0.39, 0.29) is 5.92 Å². The topological polar surface area (TPSA) is 38.3 Å². The van der Waals surface area contributed by atoms with Crippen LogP contribution < -0.4 is 5.32 Å². The molecular formula is C9H16FNO2. The zero-order valence-electron chi connectivity index (χ0n) is 8.26. The summed E-state index contributed by atoms with van der Waals surface area (Å²) >= 11 is 0. The molecule has 1 heterocycles. The maximum atomic E-state index is 13.3. The Morgan fingerprint density at radius 3 is 2.38 bits per heavy atom. The third kappa shape index (κ3) is 2.95. The minimum atomic E-state index is -1.47. The summed E-state index contributed by atoms with van der Waals surface area (Å²) in [6, 6.07) is 0. The summed E-state index contributed by atoms with van der Waals surface area (Å²) in [5.41, 5.74) is -0.599. The van der Waals surface area contributed by atoms with Crippen LogP contribution in [0.3, 0.4) is 0 Å². The smallest absolute Gasteiger partial charge is 0.341 e. The molecule has 3 nitrogen and oxygen atoms in total. The van der Waals surface area contributed by atoms with Crippen LogP contribution in [0.25, 0.3) is 0 Å². The van der Waals surface area contributed by atoms with Gasteiger partial charge in [-0.1, -0.05) is 0 Å². The Morgan fingerprint density at radius 1 is 1.54 bits per heavy atom. The second-order valence-corrected chi connectivity index (χ2v) is 4.35. The molecule has 0 aromatic rings. The van der Waals surface area contributed by atoms with Gasteiger partial charge in [0.25, 0.3) is 0 Å². The highest BCUT2D eigenvalue weighted by Crippen LogP contribution is 2.17. The minimum absolute atomic E-state index is 0.199. The first-order valence-corrected chi connectivity index (χ1v) is 4.48. The lowest BCUT2D eigenvalue weighted by molar-refractivity contribution is -0.164. The van der Waals surface area contributed by atoms with Crippen LogP contribution in [0.15, 0.2) is 0 Å². The van der Waals surface area contributed by atoms with Gasteiger partial charge >= 0.3 is 5.97 Å². The zero-order valence-corrected chi connectivity index (χ0v) is 8.26. The molecule has 0 aromatic heterocycles. The van der Waals surface area contributed by atoms with Crippen LogP contribution in [0.1, 0.15) is 20.8 Å². The van der Waals surface area contributed by atoms with E-state index in [0.717, 1.165) is 0 Å². The molecule has 1 unspecified atom stereocenters. The lowest BCUT2D eigenvalue weighted by atomic mass is 9.97. The molecule has 1 N–H and O–H groups in total. The molecule has 13 heavy (non-hydrogen) atoms. The molecule has 1 rings (SSSR count). The fourth-order valence-electron chi connectivity index (χ4n) is 1.07. The van der Waals surface area contributed by atoms with Crippen LogP contribution in [0.2, 0.25) is 0 Å². The van der Waals surface area contributed by atoms with Gasteiger partial charge in [0.1, 0.15) is 5.60 Å². The largest absolute Gasteiger partial charge is 0.458 e. The van der Waals surface area contributed by atoms with Gasteiger partial charge < -0.3 is 10.1 Å². The summed E-state index contributed by atoms with van der Waals surface area (Å²) in [6.45, 7) is 6.34. The predicted octanol–water partition coefficient (Wildman–Crippen LogP) is 0.886. The van der Waals surface area contributed by atoms with Crippen molar-refractivity contribution in [1.82, 2.24) is 5.32 Å². The highest BCUT2D eigenvalue weighted by Gasteiger charge is 2.35. The van der Waals surface area contributed by atoms with Gasteiger partial charge in [0.15, 0.2) is 0 Å². The number of ether oxygens (including phenoxy) is 1. The van der Waals surface area contributed by atoms with Gasteiger partial charge in [0.2, 0.25) is 6.17 Å². The first-order valence-electron chi connectivity index (χ1n) is 4.48. The Balaban J connectivity index is 2.38. The van der Waals surface area contributed by atoms with Crippen molar-refractivity contribution in [2.75, 3.05) is 13.1 Å². The number of esters is 1. The summed E-state index contributed by atoms with van der Waals surface area (Å²) in [7, 11) is 0. The number of hydrogen-bond acceptors (Lipinski definition) is 3. The molecule has 0 radical (unpaired) electrons. The molecule has 4 heteroatoms. The molecule has 1 aliphatic rings. The van der Waals surface area contributed by atoms with E-state index in [2.05, 4.69) is 5.32 Å². The van der Waals surface area contributed by atoms with E-state index in [1.54, 1.807) is 20.8 Å². The van der Waals surface area contributed by atoms with E-state index in [9.17, 15) is 9.18 Å². The van der Waals surface area contributed by atoms with Gasteiger partial charge in [-0.2, -0.15) is 0 Å². The van der Waals surface area contributed by atoms with Crippen molar-refractivity contribution < 1.29 is 13.9 Å². The van der Waals surface area contributed by atoms with Gasteiger partial charge in [0, 0.05) is 19.0 Å². The number of halogens is 1. The van der Waals surface area contributed by atoms with E-state index >= 15 is 0 Å². The van der Waals surface area contributed by atoms with Crippen molar-refractivity contribution in [1.29, 1.82) is 0 Å². The third-order valence-corrected chi connectivity index (χ3v) is 1.86. The maximum absolute atomic E-state index is 13.3. The van der Waals surface area contributed by atoms with Crippen molar-refractivity contribution in [3.8, 4) is 0 Å². The SMILES string of the molecule is CC(C)(C)OC(=O)C(F)C1CNC1. The number of rotatable bonds is 2. The first kappa shape index (κ1) is 10.4. The van der Waals surface area contributed by atoms with Gasteiger partial charge in [-0.15, -0.1) is 0 Å². The van der Waals surface area contributed by atoms with E-state index < -0.39 is 17.7 Å². The number of nitrogens with one attached hydrogen (secondary N) is 1. The van der Waals surface area contributed by atoms with Crippen molar-refractivity contribution >= 4 is 5.97 Å². The van der Waals surface area contributed by atoms with Gasteiger partial charge in [0.05, 0.1) is 0 Å². The van der Waals surface area contributed by atoms with Crippen molar-refractivity contribution in [2.24, 2.45) is 5.92 Å². The molecule has 0 amide bonds. The number of hydrogen-bond donors (Lipinski definition) is 1. The summed E-state index contributed by atoms with van der Waals surface area (Å²) < 4.78 is 18.2. The number of carbonyl (C=O) groups excluding carboxylic acids is 1. The Labute approximate surface area is 77.6 Å². The molecule has 0 aliphatic carbocycles. The molecule has 1 fully saturated rings. The summed E-state index contributed by atoms with van der Waals surface area (Å²) in [5, 5.41) is 2.91. The quantitative estimate of drug-likeness (QED) is 0.655. The van der Waals surface area contributed by atoms with Crippen LogP contribution >= 0.6 is 0 Å². The Hall–Kier alpha value is -0.640. The minimum Gasteiger partial charge on any atom is -0.458 e. The molecule has 76 valence electrons. The third-order valence-electron chi connectivity index (χ3n) is 1.86. The van der Waals surface area contributed by atoms with E-state index in [1.165, 1.54) is 0 Å². The van der Waals surface area contributed by atoms with E-state index in [0.29, 0.717) is 13.1 Å². The molecule has 1 saturated heterocycles. The van der Waals surface area contributed by atoms with Gasteiger partial charge in [-0.05, 0) is 20.8 Å². The van der Waals surface area contributed by atoms with Gasteiger partial charge in [-0.3, -0.25) is 0 Å². The van der Waals surface area contributed by atoms with Crippen LogP contribution in [-0.2, 0) is 9.53 Å². The Kier molecular flexibility index (Phi) is 2.91. The maximum Gasteiger partial charge on any atom is 0.341 e. The summed E-state index contributed by atoms with van der Waals surface area (Å²) in [4.78, 5) is 11.2. The van der Waals surface area contributed by atoms with Crippen LogP contribution in [0.4, 0.5) is 4.39 Å². The predicted molar refractivity (Wildman–Crippen MR) is 47.1 cm³/mol. The molecule has 1 aliphatic heterocycles. The van der Waals surface area contributed by atoms with Crippen LogP contribution in [0, 0.1) is 5.92 Å². The molecule has 0 spiro atoms. The Bertz CT molecular complexity index is 196. The number of carbonyl (C=O) groups is 1.